The molecule has 9 heteroatoms. The molecule has 1 amide bonds. The normalized spacial score (nSPS) is 17.2. The van der Waals surface area contributed by atoms with Gasteiger partial charge in [0.15, 0.2) is 5.16 Å². The van der Waals surface area contributed by atoms with E-state index in [1.165, 1.54) is 16.4 Å². The predicted octanol–water partition coefficient (Wildman–Crippen LogP) is 1.33. The number of rotatable bonds is 4. The number of thioether (sulfide) groups is 1. The lowest BCUT2D eigenvalue weighted by Crippen LogP contribution is -2.32. The third-order valence-electron chi connectivity index (χ3n) is 5.78. The first-order valence-corrected chi connectivity index (χ1v) is 11.0. The molecule has 0 saturated heterocycles. The van der Waals surface area contributed by atoms with Crippen LogP contribution in [0.2, 0.25) is 0 Å². The SMILES string of the molecule is Cn1nc(CNC(=O)CC2CSc3nc4c(c(=O)n32)CCC4)c2ccccc2c1=O. The van der Waals surface area contributed by atoms with Crippen molar-refractivity contribution in [3.8, 4) is 0 Å². The number of carbonyl (C=O) groups excluding carboxylic acids is 1. The van der Waals surface area contributed by atoms with Crippen molar-refractivity contribution in [3.63, 3.8) is 0 Å². The van der Waals surface area contributed by atoms with Crippen LogP contribution < -0.4 is 16.4 Å². The van der Waals surface area contributed by atoms with Crippen LogP contribution in [-0.2, 0) is 31.2 Å². The Kier molecular flexibility index (Phi) is 4.69. The average Bonchev–Trinajstić information content (AvgIpc) is 3.37. The number of nitrogens with one attached hydrogen (secondary N) is 1. The van der Waals surface area contributed by atoms with Gasteiger partial charge in [0.05, 0.1) is 29.4 Å². The van der Waals surface area contributed by atoms with Crippen LogP contribution in [0.25, 0.3) is 10.8 Å². The van der Waals surface area contributed by atoms with E-state index in [0.29, 0.717) is 16.8 Å². The van der Waals surface area contributed by atoms with Crippen molar-refractivity contribution in [3.05, 3.63) is 61.9 Å². The zero-order valence-electron chi connectivity index (χ0n) is 16.6. The highest BCUT2D eigenvalue weighted by atomic mass is 32.2. The van der Waals surface area contributed by atoms with Crippen LogP contribution in [0.5, 0.6) is 0 Å². The number of fused-ring (bicyclic) bond motifs is 3. The lowest BCUT2D eigenvalue weighted by Gasteiger charge is -2.15. The molecule has 0 saturated carbocycles. The molecule has 8 nitrogen and oxygen atoms in total. The number of benzene rings is 1. The van der Waals surface area contributed by atoms with Crippen LogP contribution in [-0.4, -0.2) is 31.0 Å². The maximum absolute atomic E-state index is 12.9. The van der Waals surface area contributed by atoms with E-state index in [-0.39, 0.29) is 36.0 Å². The molecule has 2 aliphatic rings. The zero-order valence-corrected chi connectivity index (χ0v) is 17.4. The summed E-state index contributed by atoms with van der Waals surface area (Å²) in [5.74, 6) is 0.514. The van der Waals surface area contributed by atoms with Gasteiger partial charge in [0.1, 0.15) is 0 Å². The van der Waals surface area contributed by atoms with Gasteiger partial charge in [0.2, 0.25) is 5.91 Å². The highest BCUT2D eigenvalue weighted by Crippen LogP contribution is 2.33. The molecule has 1 unspecified atom stereocenters. The fourth-order valence-electron chi connectivity index (χ4n) is 4.28. The van der Waals surface area contributed by atoms with Gasteiger partial charge in [-0.1, -0.05) is 30.0 Å². The van der Waals surface area contributed by atoms with E-state index in [1.54, 1.807) is 17.7 Å². The molecule has 154 valence electrons. The second-order valence-electron chi connectivity index (χ2n) is 7.72. The zero-order chi connectivity index (χ0) is 20.8. The van der Waals surface area contributed by atoms with Gasteiger partial charge in [-0.15, -0.1) is 0 Å². The Balaban J connectivity index is 1.34. The van der Waals surface area contributed by atoms with Crippen LogP contribution in [0.4, 0.5) is 0 Å². The molecule has 5 rings (SSSR count). The number of aromatic nitrogens is 4. The summed E-state index contributed by atoms with van der Waals surface area (Å²) in [4.78, 5) is 42.4. The van der Waals surface area contributed by atoms with Crippen LogP contribution >= 0.6 is 11.8 Å². The van der Waals surface area contributed by atoms with E-state index in [1.807, 2.05) is 18.2 Å². The van der Waals surface area contributed by atoms with Crippen molar-refractivity contribution < 1.29 is 4.79 Å². The third-order valence-corrected chi connectivity index (χ3v) is 6.88. The summed E-state index contributed by atoms with van der Waals surface area (Å²) >= 11 is 1.54. The molecule has 0 bridgehead atoms. The number of aryl methyl sites for hydroxylation is 2. The highest BCUT2D eigenvalue weighted by molar-refractivity contribution is 7.99. The Bertz CT molecular complexity index is 1300. The average molecular weight is 423 g/mol. The lowest BCUT2D eigenvalue weighted by atomic mass is 10.1. The molecule has 1 aromatic carbocycles. The summed E-state index contributed by atoms with van der Waals surface area (Å²) in [5, 5.41) is 9.26. The van der Waals surface area contributed by atoms with E-state index >= 15 is 0 Å². The Morgan fingerprint density at radius 3 is 2.83 bits per heavy atom. The number of carbonyl (C=O) groups is 1. The highest BCUT2D eigenvalue weighted by Gasteiger charge is 2.31. The predicted molar refractivity (Wildman–Crippen MR) is 114 cm³/mol. The smallest absolute Gasteiger partial charge is 0.274 e. The number of hydrogen-bond donors (Lipinski definition) is 1. The molecule has 3 aromatic rings. The van der Waals surface area contributed by atoms with E-state index in [0.717, 1.165) is 41.1 Å². The van der Waals surface area contributed by atoms with Crippen molar-refractivity contribution in [2.75, 3.05) is 5.75 Å². The van der Waals surface area contributed by atoms with Crippen LogP contribution in [0.15, 0.2) is 39.0 Å². The first-order valence-electron chi connectivity index (χ1n) is 10.0. The second kappa shape index (κ2) is 7.39. The van der Waals surface area contributed by atoms with E-state index in [9.17, 15) is 14.4 Å². The molecule has 2 aromatic heterocycles. The van der Waals surface area contributed by atoms with Crippen molar-refractivity contribution in [2.24, 2.45) is 7.05 Å². The van der Waals surface area contributed by atoms with Gasteiger partial charge < -0.3 is 5.32 Å². The fourth-order valence-corrected chi connectivity index (χ4v) is 5.43. The summed E-state index contributed by atoms with van der Waals surface area (Å²) < 4.78 is 2.99. The van der Waals surface area contributed by atoms with Crippen molar-refractivity contribution in [2.45, 2.75) is 43.4 Å². The van der Waals surface area contributed by atoms with Gasteiger partial charge in [0.25, 0.3) is 11.1 Å². The van der Waals surface area contributed by atoms with Gasteiger partial charge in [0, 0.05) is 30.2 Å². The lowest BCUT2D eigenvalue weighted by molar-refractivity contribution is -0.121. The maximum Gasteiger partial charge on any atom is 0.274 e. The summed E-state index contributed by atoms with van der Waals surface area (Å²) in [6, 6.07) is 7.06. The topological polar surface area (TPSA) is 98.9 Å². The summed E-state index contributed by atoms with van der Waals surface area (Å²) in [6.45, 7) is 0.220. The molecular weight excluding hydrogens is 402 g/mol. The number of amides is 1. The molecule has 0 spiro atoms. The molecule has 1 aliphatic heterocycles. The Labute approximate surface area is 176 Å². The molecule has 1 atom stereocenters. The van der Waals surface area contributed by atoms with Crippen molar-refractivity contribution in [1.82, 2.24) is 24.6 Å². The van der Waals surface area contributed by atoms with Gasteiger partial charge in [-0.2, -0.15) is 5.10 Å². The van der Waals surface area contributed by atoms with Crippen molar-refractivity contribution in [1.29, 1.82) is 0 Å². The summed E-state index contributed by atoms with van der Waals surface area (Å²) in [6.07, 6.45) is 2.82. The number of nitrogens with zero attached hydrogens (tertiary/aromatic N) is 4. The molecule has 1 N–H and O–H groups in total. The standard InChI is InChI=1S/C21H21N5O3S/c1-25-19(28)14-6-3-2-5-13(14)17(24-25)10-22-18(27)9-12-11-30-21-23-16-8-4-7-15(16)20(29)26(12)21/h2-3,5-6,12H,4,7-11H2,1H3,(H,22,27). The Hall–Kier alpha value is -2.94. The molecule has 0 fully saturated rings. The molecule has 30 heavy (non-hydrogen) atoms. The van der Waals surface area contributed by atoms with Crippen molar-refractivity contribution >= 4 is 28.4 Å². The molecule has 0 radical (unpaired) electrons. The van der Waals surface area contributed by atoms with Crippen LogP contribution in [0, 0.1) is 0 Å². The molecular formula is C21H21N5O3S. The van der Waals surface area contributed by atoms with E-state index < -0.39 is 0 Å². The minimum Gasteiger partial charge on any atom is -0.350 e. The van der Waals surface area contributed by atoms with E-state index in [2.05, 4.69) is 15.4 Å². The van der Waals surface area contributed by atoms with Gasteiger partial charge in [-0.05, 0) is 25.3 Å². The first kappa shape index (κ1) is 19.0. The molecule has 1 aliphatic carbocycles. The summed E-state index contributed by atoms with van der Waals surface area (Å²) in [5.41, 5.74) is 2.23. The molecule has 3 heterocycles. The summed E-state index contributed by atoms with van der Waals surface area (Å²) in [7, 11) is 1.60. The Morgan fingerprint density at radius 2 is 2.00 bits per heavy atom. The number of hydrogen-bond acceptors (Lipinski definition) is 6. The maximum atomic E-state index is 12.9. The Morgan fingerprint density at radius 1 is 1.20 bits per heavy atom. The van der Waals surface area contributed by atoms with E-state index in [4.69, 9.17) is 0 Å². The second-order valence-corrected chi connectivity index (χ2v) is 8.70. The first-order chi connectivity index (χ1) is 14.5. The monoisotopic (exact) mass is 423 g/mol. The largest absolute Gasteiger partial charge is 0.350 e. The quantitative estimate of drug-likeness (QED) is 0.636. The minimum atomic E-state index is -0.194. The van der Waals surface area contributed by atoms with Gasteiger partial charge in [-0.25, -0.2) is 9.67 Å². The van der Waals surface area contributed by atoms with Gasteiger partial charge >= 0.3 is 0 Å². The third kappa shape index (κ3) is 3.13. The van der Waals surface area contributed by atoms with Crippen LogP contribution in [0.1, 0.15) is 35.8 Å². The van der Waals surface area contributed by atoms with Gasteiger partial charge in [-0.3, -0.25) is 19.0 Å². The minimum absolute atomic E-state index is 0.0148. The van der Waals surface area contributed by atoms with Crippen LogP contribution in [0.3, 0.4) is 0 Å². The fraction of sp³-hybridized carbons (Fsp3) is 0.381.